The van der Waals surface area contributed by atoms with Crippen LogP contribution in [0.25, 0.3) is 0 Å². The van der Waals surface area contributed by atoms with Gasteiger partial charge in [0.25, 0.3) is 0 Å². The van der Waals surface area contributed by atoms with Gasteiger partial charge in [-0.15, -0.1) is 0 Å². The van der Waals surface area contributed by atoms with Crippen LogP contribution in [-0.4, -0.2) is 36.4 Å². The molecule has 0 heterocycles. The molecular formula is C14H31O3P. The van der Waals surface area contributed by atoms with E-state index in [1.165, 1.54) is 38.5 Å². The maximum atomic E-state index is 8.44. The minimum Gasteiger partial charge on any atom is -0.565 e. The van der Waals surface area contributed by atoms with E-state index in [2.05, 4.69) is 27.4 Å². The molecule has 0 bridgehead atoms. The molecular weight excluding hydrogens is 247 g/mol. The van der Waals surface area contributed by atoms with Gasteiger partial charge in [-0.05, 0) is 19.3 Å². The van der Waals surface area contributed by atoms with Gasteiger partial charge >= 0.3 is 0 Å². The second-order valence-electron chi connectivity index (χ2n) is 5.12. The fourth-order valence-electron chi connectivity index (χ4n) is 1.95. The Labute approximate surface area is 113 Å². The van der Waals surface area contributed by atoms with E-state index in [1.54, 1.807) is 18.5 Å². The Morgan fingerprint density at radius 2 is 1.17 bits per heavy atom. The molecule has 0 aromatic heterocycles. The maximum Gasteiger partial charge on any atom is 0.249 e. The normalized spacial score (nSPS) is 10.7. The van der Waals surface area contributed by atoms with Gasteiger partial charge in [-0.25, -0.2) is 0 Å². The van der Waals surface area contributed by atoms with Gasteiger partial charge in [0.1, 0.15) is 0 Å². The second kappa shape index (κ2) is 13.1. The summed E-state index contributed by atoms with van der Waals surface area (Å²) in [6, 6.07) is 0. The lowest BCUT2D eigenvalue weighted by Crippen LogP contribution is -2.17. The van der Waals surface area contributed by atoms with Crippen LogP contribution in [0, 0.1) is 0 Å². The van der Waals surface area contributed by atoms with Gasteiger partial charge in [0.05, 0.1) is 18.5 Å². The van der Waals surface area contributed by atoms with Crippen LogP contribution in [0.1, 0.15) is 59.3 Å². The van der Waals surface area contributed by atoms with Crippen LogP contribution < -0.4 is 5.11 Å². The number of rotatable bonds is 9. The number of hydrogen-bond acceptors (Lipinski definition) is 2. The molecule has 0 spiro atoms. The third-order valence-corrected chi connectivity index (χ3v) is 7.34. The summed E-state index contributed by atoms with van der Waals surface area (Å²) < 4.78 is 0. The van der Waals surface area contributed by atoms with Crippen molar-refractivity contribution < 1.29 is 15.0 Å². The topological polar surface area (TPSA) is 60.4 Å². The molecule has 4 heteroatoms. The fourth-order valence-corrected chi connectivity index (χ4v) is 5.86. The molecule has 0 rings (SSSR count). The molecule has 18 heavy (non-hydrogen) atoms. The summed E-state index contributed by atoms with van der Waals surface area (Å²) in [5.41, 5.74) is 0. The Kier molecular flexibility index (Phi) is 14.6. The first-order valence-electron chi connectivity index (χ1n) is 7.15. The highest BCUT2D eigenvalue weighted by atomic mass is 31.2. The number of carboxylic acid groups (broad SMARTS) is 2. The van der Waals surface area contributed by atoms with Crippen LogP contribution >= 0.6 is 7.26 Å². The first-order valence-corrected chi connectivity index (χ1v) is 9.94. The molecule has 0 saturated carbocycles. The van der Waals surface area contributed by atoms with Crippen molar-refractivity contribution in [2.45, 2.75) is 59.3 Å². The van der Waals surface area contributed by atoms with Crippen molar-refractivity contribution in [2.24, 2.45) is 0 Å². The minimum absolute atomic E-state index is 0.519. The van der Waals surface area contributed by atoms with Gasteiger partial charge in [0.15, 0.2) is 0 Å². The van der Waals surface area contributed by atoms with Crippen molar-refractivity contribution in [1.82, 2.24) is 0 Å². The Balaban J connectivity index is 0. The lowest BCUT2D eigenvalue weighted by molar-refractivity contribution is -0.275. The smallest absolute Gasteiger partial charge is 0.249 e. The van der Waals surface area contributed by atoms with E-state index in [4.69, 9.17) is 15.0 Å². The Bertz CT molecular complexity index is 170. The van der Waals surface area contributed by atoms with E-state index >= 15 is 0 Å². The van der Waals surface area contributed by atoms with Gasteiger partial charge in [-0.3, -0.25) is 0 Å². The average molecular weight is 278 g/mol. The number of unbranched alkanes of at least 4 members (excludes halogenated alkanes) is 3. The van der Waals surface area contributed by atoms with Crippen molar-refractivity contribution in [3.05, 3.63) is 0 Å². The highest BCUT2D eigenvalue weighted by Crippen LogP contribution is 2.57. The van der Waals surface area contributed by atoms with E-state index in [-0.39, 0.29) is 0 Å². The zero-order valence-electron chi connectivity index (χ0n) is 12.6. The largest absolute Gasteiger partial charge is 0.565 e. The zero-order chi connectivity index (χ0) is 14.4. The molecule has 0 aliphatic carbocycles. The highest BCUT2D eigenvalue weighted by Gasteiger charge is 2.28. The third kappa shape index (κ3) is 15.7. The quantitative estimate of drug-likeness (QED) is 0.650. The first-order chi connectivity index (χ1) is 8.41. The SMILES string of the molecule is CCCC[P+](C)(CCCC)CCCC.O=C([O-])O. The summed E-state index contributed by atoms with van der Waals surface area (Å²) >= 11 is 0. The molecule has 3 nitrogen and oxygen atoms in total. The van der Waals surface area contributed by atoms with Crippen LogP contribution in [0.4, 0.5) is 4.79 Å². The summed E-state index contributed by atoms with van der Waals surface area (Å²) in [6.45, 7) is 9.59. The van der Waals surface area contributed by atoms with Gasteiger partial charge in [-0.2, -0.15) is 0 Å². The standard InChI is InChI=1S/C13H30P.CH2O3/c1-5-8-11-14(4,12-9-6-2)13-10-7-3;2-1(3)4/h5-13H2,1-4H3;(H2,2,3,4)/q+1;/p-1. The van der Waals surface area contributed by atoms with Gasteiger partial charge in [0.2, 0.25) is 6.16 Å². The van der Waals surface area contributed by atoms with E-state index in [9.17, 15) is 0 Å². The summed E-state index contributed by atoms with van der Waals surface area (Å²) in [7, 11) is -0.519. The number of hydrogen-bond donors (Lipinski definition) is 1. The van der Waals surface area contributed by atoms with Crippen LogP contribution in [0.5, 0.6) is 0 Å². The van der Waals surface area contributed by atoms with Crippen LogP contribution in [0.15, 0.2) is 0 Å². The van der Waals surface area contributed by atoms with E-state index in [0.29, 0.717) is 0 Å². The lowest BCUT2D eigenvalue weighted by Gasteiger charge is -2.22. The Morgan fingerprint density at radius 3 is 1.33 bits per heavy atom. The molecule has 0 aliphatic heterocycles. The van der Waals surface area contributed by atoms with Gasteiger partial charge in [-0.1, -0.05) is 40.0 Å². The molecule has 0 aromatic rings. The summed E-state index contributed by atoms with van der Waals surface area (Å²) in [4.78, 5) is 8.44. The summed E-state index contributed by atoms with van der Waals surface area (Å²) in [5, 5.41) is 15.3. The van der Waals surface area contributed by atoms with E-state index in [1.807, 2.05) is 0 Å². The molecule has 0 amide bonds. The van der Waals surface area contributed by atoms with Crippen molar-refractivity contribution in [1.29, 1.82) is 0 Å². The maximum absolute atomic E-state index is 8.44. The minimum atomic E-state index is -2.08. The predicted octanol–water partition coefficient (Wildman–Crippen LogP) is 3.92. The molecule has 0 atom stereocenters. The molecule has 0 fully saturated rings. The monoisotopic (exact) mass is 278 g/mol. The molecule has 0 aromatic carbocycles. The predicted molar refractivity (Wildman–Crippen MR) is 80.2 cm³/mol. The third-order valence-electron chi connectivity index (χ3n) is 3.15. The van der Waals surface area contributed by atoms with Crippen LogP contribution in [0.3, 0.4) is 0 Å². The molecule has 0 unspecified atom stereocenters. The summed E-state index contributed by atoms with van der Waals surface area (Å²) in [5.74, 6) is 0. The van der Waals surface area contributed by atoms with Crippen molar-refractivity contribution in [3.63, 3.8) is 0 Å². The van der Waals surface area contributed by atoms with Gasteiger partial charge < -0.3 is 15.0 Å². The average Bonchev–Trinajstić information content (AvgIpc) is 2.31. The van der Waals surface area contributed by atoms with Crippen molar-refractivity contribution in [2.75, 3.05) is 25.2 Å². The Morgan fingerprint density at radius 1 is 0.944 bits per heavy atom. The molecule has 0 saturated heterocycles. The van der Waals surface area contributed by atoms with E-state index < -0.39 is 13.4 Å². The van der Waals surface area contributed by atoms with Crippen LogP contribution in [-0.2, 0) is 0 Å². The lowest BCUT2D eigenvalue weighted by atomic mass is 10.4. The van der Waals surface area contributed by atoms with Crippen LogP contribution in [0.2, 0.25) is 0 Å². The number of carbonyl (C=O) groups is 1. The van der Waals surface area contributed by atoms with Crippen molar-refractivity contribution in [3.8, 4) is 0 Å². The molecule has 110 valence electrons. The van der Waals surface area contributed by atoms with E-state index in [0.717, 1.165) is 0 Å². The fraction of sp³-hybridized carbons (Fsp3) is 0.929. The molecule has 0 aliphatic rings. The highest BCUT2D eigenvalue weighted by molar-refractivity contribution is 7.75. The van der Waals surface area contributed by atoms with Gasteiger partial charge in [0, 0.05) is 13.9 Å². The second-order valence-corrected chi connectivity index (χ2v) is 9.70. The first kappa shape index (κ1) is 20.0. The van der Waals surface area contributed by atoms with Crippen molar-refractivity contribution >= 4 is 13.4 Å². The zero-order valence-corrected chi connectivity index (χ0v) is 13.5. The molecule has 1 N–H and O–H groups in total. The molecule has 0 radical (unpaired) electrons. The summed E-state index contributed by atoms with van der Waals surface area (Å²) in [6.07, 6.45) is 11.2. The Hall–Kier alpha value is -0.300.